The number of amides is 1. The van der Waals surface area contributed by atoms with Gasteiger partial charge in [-0.3, -0.25) is 9.59 Å². The lowest BCUT2D eigenvalue weighted by Gasteiger charge is -2.24. The number of carbonyl (C=O) groups excluding carboxylic acids is 2. The number of hydrogen-bond acceptors (Lipinski definition) is 3. The lowest BCUT2D eigenvalue weighted by molar-refractivity contribution is -0.130. The summed E-state index contributed by atoms with van der Waals surface area (Å²) in [5.41, 5.74) is 2.15. The Bertz CT molecular complexity index is 585. The number of ketones is 1. The van der Waals surface area contributed by atoms with Crippen molar-refractivity contribution < 1.29 is 9.59 Å². The van der Waals surface area contributed by atoms with Crippen molar-refractivity contribution in [1.29, 1.82) is 5.26 Å². The topological polar surface area (TPSA) is 61.2 Å². The van der Waals surface area contributed by atoms with Gasteiger partial charge in [-0.1, -0.05) is 42.0 Å². The van der Waals surface area contributed by atoms with Crippen molar-refractivity contribution in [2.24, 2.45) is 0 Å². The molecule has 1 amide bonds. The van der Waals surface area contributed by atoms with Gasteiger partial charge in [0.05, 0.1) is 6.07 Å². The van der Waals surface area contributed by atoms with Crippen LogP contribution >= 0.6 is 0 Å². The van der Waals surface area contributed by atoms with Gasteiger partial charge < -0.3 is 4.90 Å². The summed E-state index contributed by atoms with van der Waals surface area (Å²) in [5, 5.41) is 8.74. The third kappa shape index (κ3) is 4.57. The van der Waals surface area contributed by atoms with E-state index >= 15 is 0 Å². The molecule has 0 radical (unpaired) electrons. The van der Waals surface area contributed by atoms with Gasteiger partial charge in [-0.05, 0) is 12.0 Å². The summed E-state index contributed by atoms with van der Waals surface area (Å²) < 4.78 is 0. The fourth-order valence-corrected chi connectivity index (χ4v) is 2.37. The summed E-state index contributed by atoms with van der Waals surface area (Å²) in [7, 11) is 0. The van der Waals surface area contributed by atoms with E-state index in [1.165, 1.54) is 0 Å². The zero-order chi connectivity index (χ0) is 15.1. The molecule has 108 valence electrons. The van der Waals surface area contributed by atoms with Gasteiger partial charge in [-0.2, -0.15) is 5.26 Å². The predicted molar refractivity (Wildman–Crippen MR) is 79.0 cm³/mol. The summed E-state index contributed by atoms with van der Waals surface area (Å²) >= 11 is 0. The van der Waals surface area contributed by atoms with Crippen LogP contribution in [0.5, 0.6) is 0 Å². The SMILES string of the molecule is N#CCC(=O)N(CC1=CCC(=O)CC1)Cc1ccccc1. The Balaban J connectivity index is 2.07. The molecule has 1 aromatic carbocycles. The van der Waals surface area contributed by atoms with E-state index in [4.69, 9.17) is 5.26 Å². The fourth-order valence-electron chi connectivity index (χ4n) is 2.37. The van der Waals surface area contributed by atoms with E-state index in [1.54, 1.807) is 4.90 Å². The molecule has 0 saturated carbocycles. The maximum absolute atomic E-state index is 12.1. The number of allylic oxidation sites excluding steroid dienone is 1. The number of rotatable bonds is 5. The molecule has 1 aliphatic carbocycles. The van der Waals surface area contributed by atoms with Crippen LogP contribution in [0.15, 0.2) is 42.0 Å². The minimum absolute atomic E-state index is 0.112. The van der Waals surface area contributed by atoms with Crippen LogP contribution in [-0.2, 0) is 16.1 Å². The normalized spacial score (nSPS) is 14.2. The third-order valence-electron chi connectivity index (χ3n) is 3.54. The summed E-state index contributed by atoms with van der Waals surface area (Å²) in [5.74, 6) is 0.0795. The Labute approximate surface area is 124 Å². The van der Waals surface area contributed by atoms with Crippen LogP contribution in [0.2, 0.25) is 0 Å². The summed E-state index contributed by atoms with van der Waals surface area (Å²) in [6, 6.07) is 11.6. The average molecular weight is 282 g/mol. The molecule has 0 unspecified atom stereocenters. The van der Waals surface area contributed by atoms with E-state index in [9.17, 15) is 9.59 Å². The lowest BCUT2D eigenvalue weighted by atomic mass is 9.98. The molecule has 2 rings (SSSR count). The first-order valence-corrected chi connectivity index (χ1v) is 7.07. The first-order chi connectivity index (χ1) is 10.2. The standard InChI is InChI=1S/C17H18N2O2/c18-11-10-17(21)19(12-14-4-2-1-3-5-14)13-15-6-8-16(20)9-7-15/h1-6H,7-10,12-13H2. The summed E-state index contributed by atoms with van der Waals surface area (Å²) in [6.07, 6.45) is 3.53. The Morgan fingerprint density at radius 2 is 1.95 bits per heavy atom. The Morgan fingerprint density at radius 1 is 1.19 bits per heavy atom. The van der Waals surface area contributed by atoms with Gasteiger partial charge in [0, 0.05) is 25.9 Å². The van der Waals surface area contributed by atoms with Crippen molar-refractivity contribution in [3.63, 3.8) is 0 Å². The number of carbonyl (C=O) groups is 2. The molecule has 0 saturated heterocycles. The highest BCUT2D eigenvalue weighted by Gasteiger charge is 2.18. The molecule has 0 heterocycles. The van der Waals surface area contributed by atoms with Crippen LogP contribution in [0.25, 0.3) is 0 Å². The molecule has 4 nitrogen and oxygen atoms in total. The predicted octanol–water partition coefficient (Wildman–Crippen LogP) is 2.61. The molecular weight excluding hydrogens is 264 g/mol. The minimum atomic E-state index is -0.167. The zero-order valence-electron chi connectivity index (χ0n) is 11.9. The van der Waals surface area contributed by atoms with E-state index < -0.39 is 0 Å². The Hall–Kier alpha value is -2.41. The molecule has 0 atom stereocenters. The number of Topliss-reactive ketones (excluding diaryl/α,β-unsaturated/α-hetero) is 1. The first-order valence-electron chi connectivity index (χ1n) is 7.07. The van der Waals surface area contributed by atoms with Crippen molar-refractivity contribution in [2.45, 2.75) is 32.2 Å². The van der Waals surface area contributed by atoms with Gasteiger partial charge in [0.15, 0.2) is 0 Å². The molecule has 0 fully saturated rings. The fraction of sp³-hybridized carbons (Fsp3) is 0.353. The van der Waals surface area contributed by atoms with Crippen LogP contribution in [0.4, 0.5) is 0 Å². The molecule has 0 bridgehead atoms. The average Bonchev–Trinajstić information content (AvgIpc) is 2.50. The molecule has 21 heavy (non-hydrogen) atoms. The maximum atomic E-state index is 12.1. The smallest absolute Gasteiger partial charge is 0.237 e. The number of nitriles is 1. The van der Waals surface area contributed by atoms with Crippen LogP contribution in [0, 0.1) is 11.3 Å². The van der Waals surface area contributed by atoms with Gasteiger partial charge >= 0.3 is 0 Å². The molecular formula is C17H18N2O2. The Morgan fingerprint density at radius 3 is 2.57 bits per heavy atom. The van der Waals surface area contributed by atoms with Crippen LogP contribution in [0.1, 0.15) is 31.2 Å². The van der Waals surface area contributed by atoms with Gasteiger partial charge in [-0.15, -0.1) is 0 Å². The highest BCUT2D eigenvalue weighted by atomic mass is 16.2. The van der Waals surface area contributed by atoms with E-state index in [2.05, 4.69) is 0 Å². The van der Waals surface area contributed by atoms with Gasteiger partial charge in [0.2, 0.25) is 5.91 Å². The van der Waals surface area contributed by atoms with Crippen LogP contribution < -0.4 is 0 Å². The molecule has 4 heteroatoms. The van der Waals surface area contributed by atoms with Crippen molar-refractivity contribution in [3.05, 3.63) is 47.5 Å². The van der Waals surface area contributed by atoms with Crippen LogP contribution in [-0.4, -0.2) is 23.1 Å². The second-order valence-corrected chi connectivity index (χ2v) is 5.18. The molecule has 0 aromatic heterocycles. The van der Waals surface area contributed by atoms with E-state index in [1.807, 2.05) is 42.5 Å². The number of nitrogens with zero attached hydrogens (tertiary/aromatic N) is 2. The molecule has 0 spiro atoms. The van der Waals surface area contributed by atoms with E-state index in [-0.39, 0.29) is 18.1 Å². The van der Waals surface area contributed by atoms with Crippen LogP contribution in [0.3, 0.4) is 0 Å². The van der Waals surface area contributed by atoms with Crippen molar-refractivity contribution in [3.8, 4) is 6.07 Å². The minimum Gasteiger partial charge on any atom is -0.333 e. The Kier molecular flexibility index (Phi) is 5.28. The monoisotopic (exact) mass is 282 g/mol. The maximum Gasteiger partial charge on any atom is 0.237 e. The largest absolute Gasteiger partial charge is 0.333 e. The quantitative estimate of drug-likeness (QED) is 0.780. The summed E-state index contributed by atoms with van der Waals surface area (Å²) in [4.78, 5) is 25.0. The van der Waals surface area contributed by atoms with Crippen molar-refractivity contribution in [2.75, 3.05) is 6.54 Å². The molecule has 1 aromatic rings. The van der Waals surface area contributed by atoms with E-state index in [0.29, 0.717) is 32.4 Å². The summed E-state index contributed by atoms with van der Waals surface area (Å²) in [6.45, 7) is 0.995. The second kappa shape index (κ2) is 7.39. The molecule has 1 aliphatic rings. The van der Waals surface area contributed by atoms with Gasteiger partial charge in [0.25, 0.3) is 0 Å². The van der Waals surface area contributed by atoms with Crippen molar-refractivity contribution >= 4 is 11.7 Å². The molecule has 0 aliphatic heterocycles. The first kappa shape index (κ1) is 15.0. The van der Waals surface area contributed by atoms with Gasteiger partial charge in [0.1, 0.15) is 12.2 Å². The zero-order valence-corrected chi connectivity index (χ0v) is 11.9. The highest BCUT2D eigenvalue weighted by Crippen LogP contribution is 2.18. The molecule has 0 N–H and O–H groups in total. The third-order valence-corrected chi connectivity index (χ3v) is 3.54. The second-order valence-electron chi connectivity index (χ2n) is 5.18. The highest BCUT2D eigenvalue weighted by molar-refractivity contribution is 5.82. The van der Waals surface area contributed by atoms with E-state index in [0.717, 1.165) is 11.1 Å². The lowest BCUT2D eigenvalue weighted by Crippen LogP contribution is -2.32. The number of hydrogen-bond donors (Lipinski definition) is 0. The van der Waals surface area contributed by atoms with Gasteiger partial charge in [-0.25, -0.2) is 0 Å². The van der Waals surface area contributed by atoms with Crippen molar-refractivity contribution in [1.82, 2.24) is 4.90 Å². The number of benzene rings is 1.